The summed E-state index contributed by atoms with van der Waals surface area (Å²) in [5, 5.41) is 7.94. The maximum Gasteiger partial charge on any atom is 0.280 e. The second kappa shape index (κ2) is 5.51. The molecule has 114 valence electrons. The zero-order valence-electron chi connectivity index (χ0n) is 11.6. The molecule has 0 aromatic carbocycles. The van der Waals surface area contributed by atoms with Crippen LogP contribution in [0.25, 0.3) is 22.9 Å². The molecule has 1 fully saturated rings. The maximum absolute atomic E-state index is 6.18. The first kappa shape index (κ1) is 14.7. The van der Waals surface area contributed by atoms with Crippen molar-refractivity contribution in [3.05, 3.63) is 36.4 Å². The number of nitrogens with zero attached hydrogens (tertiary/aromatic N) is 4. The van der Waals surface area contributed by atoms with Gasteiger partial charge in [-0.3, -0.25) is 4.98 Å². The summed E-state index contributed by atoms with van der Waals surface area (Å²) in [7, 11) is 0. The van der Waals surface area contributed by atoms with Crippen LogP contribution in [0.2, 0.25) is 0 Å². The zero-order chi connectivity index (χ0) is 14.3. The summed E-state index contributed by atoms with van der Waals surface area (Å²) in [4.78, 5) is 8.31. The fourth-order valence-electron chi connectivity index (χ4n) is 2.34. The normalized spacial score (nSPS) is 15.9. The van der Waals surface area contributed by atoms with Gasteiger partial charge in [-0.15, -0.1) is 12.4 Å². The molecule has 0 atom stereocenters. The second-order valence-corrected chi connectivity index (χ2v) is 5.25. The van der Waals surface area contributed by atoms with Gasteiger partial charge in [-0.1, -0.05) is 10.3 Å². The first-order chi connectivity index (χ1) is 10.2. The third-order valence-corrected chi connectivity index (χ3v) is 3.81. The van der Waals surface area contributed by atoms with Gasteiger partial charge in [-0.2, -0.15) is 4.98 Å². The van der Waals surface area contributed by atoms with Gasteiger partial charge < -0.3 is 14.8 Å². The van der Waals surface area contributed by atoms with Crippen LogP contribution in [0.4, 0.5) is 0 Å². The van der Waals surface area contributed by atoms with Crippen LogP contribution in [0.3, 0.4) is 0 Å². The van der Waals surface area contributed by atoms with E-state index in [1.165, 1.54) is 0 Å². The van der Waals surface area contributed by atoms with Crippen molar-refractivity contribution in [1.82, 2.24) is 20.3 Å². The lowest BCUT2D eigenvalue weighted by molar-refractivity contribution is 0.229. The predicted octanol–water partition coefficient (Wildman–Crippen LogP) is 2.55. The molecule has 22 heavy (non-hydrogen) atoms. The molecular weight excluding hydrogens is 306 g/mol. The molecule has 3 aromatic heterocycles. The SMILES string of the molecule is Cl.NC1(c2noc(-c3cc(-c4ccncc4)on3)n2)CCC1. The Morgan fingerprint density at radius 1 is 1.09 bits per heavy atom. The summed E-state index contributed by atoms with van der Waals surface area (Å²) in [5.41, 5.74) is 7.12. The molecule has 1 aliphatic rings. The smallest absolute Gasteiger partial charge is 0.280 e. The Balaban J connectivity index is 0.00000144. The minimum absolute atomic E-state index is 0. The highest BCUT2D eigenvalue weighted by Crippen LogP contribution is 2.37. The second-order valence-electron chi connectivity index (χ2n) is 5.25. The van der Waals surface area contributed by atoms with E-state index in [9.17, 15) is 0 Å². The van der Waals surface area contributed by atoms with Crippen molar-refractivity contribution >= 4 is 12.4 Å². The summed E-state index contributed by atoms with van der Waals surface area (Å²) >= 11 is 0. The molecule has 1 saturated carbocycles. The number of aromatic nitrogens is 4. The van der Waals surface area contributed by atoms with Crippen LogP contribution in [-0.2, 0) is 5.54 Å². The largest absolute Gasteiger partial charge is 0.355 e. The molecule has 0 aliphatic heterocycles. The molecule has 0 spiro atoms. The van der Waals surface area contributed by atoms with Crippen LogP contribution in [-0.4, -0.2) is 20.3 Å². The van der Waals surface area contributed by atoms with Gasteiger partial charge in [-0.25, -0.2) is 0 Å². The van der Waals surface area contributed by atoms with Crippen molar-refractivity contribution in [2.75, 3.05) is 0 Å². The number of halogens is 1. The predicted molar refractivity (Wildman–Crippen MR) is 80.0 cm³/mol. The number of nitrogens with two attached hydrogens (primary N) is 1. The summed E-state index contributed by atoms with van der Waals surface area (Å²) < 4.78 is 10.5. The number of hydrogen-bond donors (Lipinski definition) is 1. The molecule has 3 aromatic rings. The molecule has 7 nitrogen and oxygen atoms in total. The van der Waals surface area contributed by atoms with E-state index in [0.29, 0.717) is 23.2 Å². The van der Waals surface area contributed by atoms with Crippen LogP contribution >= 0.6 is 12.4 Å². The first-order valence-corrected chi connectivity index (χ1v) is 6.75. The Bertz CT molecular complexity index is 766. The van der Waals surface area contributed by atoms with E-state index in [2.05, 4.69) is 20.3 Å². The summed E-state index contributed by atoms with van der Waals surface area (Å²) in [5.74, 6) is 1.49. The highest BCUT2D eigenvalue weighted by molar-refractivity contribution is 5.85. The third-order valence-electron chi connectivity index (χ3n) is 3.81. The van der Waals surface area contributed by atoms with Crippen molar-refractivity contribution in [3.8, 4) is 22.9 Å². The van der Waals surface area contributed by atoms with E-state index in [4.69, 9.17) is 14.8 Å². The first-order valence-electron chi connectivity index (χ1n) is 6.75. The van der Waals surface area contributed by atoms with Crippen LogP contribution < -0.4 is 5.73 Å². The van der Waals surface area contributed by atoms with E-state index in [1.54, 1.807) is 18.5 Å². The van der Waals surface area contributed by atoms with Gasteiger partial charge in [0.2, 0.25) is 0 Å². The van der Waals surface area contributed by atoms with E-state index < -0.39 is 5.54 Å². The van der Waals surface area contributed by atoms with Gasteiger partial charge in [0, 0.05) is 24.0 Å². The van der Waals surface area contributed by atoms with Gasteiger partial charge >= 0.3 is 0 Å². The van der Waals surface area contributed by atoms with E-state index in [-0.39, 0.29) is 12.4 Å². The lowest BCUT2D eigenvalue weighted by Gasteiger charge is -2.34. The molecule has 0 radical (unpaired) electrons. The number of pyridine rings is 1. The summed E-state index contributed by atoms with van der Waals surface area (Å²) in [6.07, 6.45) is 6.24. The monoisotopic (exact) mass is 319 g/mol. The van der Waals surface area contributed by atoms with E-state index in [1.807, 2.05) is 12.1 Å². The summed E-state index contributed by atoms with van der Waals surface area (Å²) in [6, 6.07) is 5.44. The molecule has 0 unspecified atom stereocenters. The molecule has 3 heterocycles. The fourth-order valence-corrected chi connectivity index (χ4v) is 2.34. The van der Waals surface area contributed by atoms with E-state index >= 15 is 0 Å². The van der Waals surface area contributed by atoms with Crippen LogP contribution in [0.5, 0.6) is 0 Å². The number of rotatable bonds is 3. The standard InChI is InChI=1S/C14H13N5O2.ClH/c15-14(4-1-5-14)13-17-12(21-19-13)10-8-11(20-18-10)9-2-6-16-7-3-9;/h2-3,6-8H,1,4-5,15H2;1H. The molecular formula is C14H14ClN5O2. The molecule has 8 heteroatoms. The summed E-state index contributed by atoms with van der Waals surface area (Å²) in [6.45, 7) is 0. The average molecular weight is 320 g/mol. The fraction of sp³-hybridized carbons (Fsp3) is 0.286. The molecule has 4 rings (SSSR count). The van der Waals surface area contributed by atoms with Gasteiger partial charge in [0.05, 0.1) is 5.54 Å². The van der Waals surface area contributed by atoms with Gasteiger partial charge in [0.25, 0.3) is 5.89 Å². The zero-order valence-corrected chi connectivity index (χ0v) is 12.4. The topological polar surface area (TPSA) is 104 Å². The Labute approximate surface area is 132 Å². The lowest BCUT2D eigenvalue weighted by Crippen LogP contribution is -2.44. The van der Waals surface area contributed by atoms with Crippen molar-refractivity contribution in [3.63, 3.8) is 0 Å². The Morgan fingerprint density at radius 2 is 1.86 bits per heavy atom. The average Bonchev–Trinajstić information content (AvgIpc) is 3.14. The van der Waals surface area contributed by atoms with Crippen LogP contribution in [0, 0.1) is 0 Å². The molecule has 0 bridgehead atoms. The highest BCUT2D eigenvalue weighted by atomic mass is 35.5. The quantitative estimate of drug-likeness (QED) is 0.791. The van der Waals surface area contributed by atoms with Crippen LogP contribution in [0.1, 0.15) is 25.1 Å². The lowest BCUT2D eigenvalue weighted by atomic mass is 9.77. The van der Waals surface area contributed by atoms with Crippen LogP contribution in [0.15, 0.2) is 39.6 Å². The van der Waals surface area contributed by atoms with Crippen molar-refractivity contribution in [2.45, 2.75) is 24.8 Å². The minimum Gasteiger partial charge on any atom is -0.355 e. The van der Waals surface area contributed by atoms with Crippen molar-refractivity contribution < 1.29 is 9.05 Å². The minimum atomic E-state index is -0.445. The van der Waals surface area contributed by atoms with Crippen molar-refractivity contribution in [1.29, 1.82) is 0 Å². The van der Waals surface area contributed by atoms with Gasteiger partial charge in [0.1, 0.15) is 0 Å². The Morgan fingerprint density at radius 3 is 2.55 bits per heavy atom. The van der Waals surface area contributed by atoms with Gasteiger partial charge in [0.15, 0.2) is 17.3 Å². The highest BCUT2D eigenvalue weighted by Gasteiger charge is 2.39. The number of hydrogen-bond acceptors (Lipinski definition) is 7. The molecule has 0 saturated heterocycles. The molecule has 2 N–H and O–H groups in total. The Hall–Kier alpha value is -2.25. The Kier molecular flexibility index (Phi) is 3.67. The molecule has 1 aliphatic carbocycles. The van der Waals surface area contributed by atoms with E-state index in [0.717, 1.165) is 24.8 Å². The third kappa shape index (κ3) is 2.38. The maximum atomic E-state index is 6.18. The molecule has 0 amide bonds. The van der Waals surface area contributed by atoms with Crippen molar-refractivity contribution in [2.24, 2.45) is 5.73 Å². The van der Waals surface area contributed by atoms with Gasteiger partial charge in [-0.05, 0) is 31.4 Å².